The van der Waals surface area contributed by atoms with E-state index in [4.69, 9.17) is 35.2 Å². The Balaban J connectivity index is 1.61. The van der Waals surface area contributed by atoms with Crippen LogP contribution in [0.1, 0.15) is 53.4 Å². The average molecular weight is 619 g/mol. The van der Waals surface area contributed by atoms with Gasteiger partial charge in [0, 0.05) is 30.3 Å². The molecule has 14 nitrogen and oxygen atoms in total. The summed E-state index contributed by atoms with van der Waals surface area (Å²) in [7, 11) is 1.16. The van der Waals surface area contributed by atoms with Gasteiger partial charge in [0.2, 0.25) is 12.0 Å². The maximum Gasteiger partial charge on any atom is 0.348 e. The number of amides is 1. The summed E-state index contributed by atoms with van der Waals surface area (Å²) in [6, 6.07) is -1.38. The van der Waals surface area contributed by atoms with Crippen LogP contribution < -0.4 is 11.5 Å². The number of ether oxygens (including phenoxy) is 5. The SMILES string of the molecule is COC(=O)[C@@]12C[C@H](O)C3[C@@]4(C)CC(=O)C(OC(=O)[C@@H](N)CC(N)=O)=C(C)C4C[C@H]4OC(=O)[C@H](OC(=O)C=C(C)C)[C@@H]1[C@@]34CO2. The number of methoxy groups -OCH3 is 1. The third-order valence-electron chi connectivity index (χ3n) is 10.3. The van der Waals surface area contributed by atoms with Crippen LogP contribution >= 0.6 is 0 Å². The van der Waals surface area contributed by atoms with Gasteiger partial charge in [0.1, 0.15) is 12.1 Å². The molecule has 0 radical (unpaired) electrons. The molecule has 2 aliphatic heterocycles. The summed E-state index contributed by atoms with van der Waals surface area (Å²) in [5, 5.41) is 11.8. The Hall–Kier alpha value is -3.62. The summed E-state index contributed by atoms with van der Waals surface area (Å²) < 4.78 is 28.4. The van der Waals surface area contributed by atoms with E-state index < -0.39 is 101 Å². The number of rotatable bonds is 7. The first-order valence-electron chi connectivity index (χ1n) is 14.5. The summed E-state index contributed by atoms with van der Waals surface area (Å²) >= 11 is 0. The van der Waals surface area contributed by atoms with E-state index in [-0.39, 0.29) is 31.6 Å². The van der Waals surface area contributed by atoms with E-state index in [0.717, 1.165) is 7.11 Å². The van der Waals surface area contributed by atoms with Crippen molar-refractivity contribution < 1.29 is 57.6 Å². The monoisotopic (exact) mass is 618 g/mol. The molecule has 1 amide bonds. The fourth-order valence-electron chi connectivity index (χ4n) is 8.89. The quantitative estimate of drug-likeness (QED) is 0.190. The fraction of sp³-hybridized carbons (Fsp3) is 0.667. The molecule has 0 aromatic rings. The molecule has 2 saturated heterocycles. The second-order valence-electron chi connectivity index (χ2n) is 13.1. The Morgan fingerprint density at radius 3 is 2.48 bits per heavy atom. The third-order valence-corrected chi connectivity index (χ3v) is 10.3. The first kappa shape index (κ1) is 31.8. The van der Waals surface area contributed by atoms with Gasteiger partial charge in [-0.05, 0) is 44.1 Å². The predicted octanol–water partition coefficient (Wildman–Crippen LogP) is -0.266. The summed E-state index contributed by atoms with van der Waals surface area (Å²) in [5.74, 6) is -7.47. The van der Waals surface area contributed by atoms with Gasteiger partial charge < -0.3 is 40.3 Å². The van der Waals surface area contributed by atoms with Crippen LogP contribution in [-0.2, 0) is 52.5 Å². The molecule has 44 heavy (non-hydrogen) atoms. The lowest BCUT2D eigenvalue weighted by Crippen LogP contribution is -2.75. The topological polar surface area (TPSA) is 221 Å². The van der Waals surface area contributed by atoms with Gasteiger partial charge in [0.15, 0.2) is 17.1 Å². The average Bonchev–Trinajstić information content (AvgIpc) is 3.16. The summed E-state index contributed by atoms with van der Waals surface area (Å²) in [6.07, 6.45) is -3.29. The van der Waals surface area contributed by atoms with E-state index in [9.17, 15) is 33.9 Å². The second-order valence-corrected chi connectivity index (χ2v) is 13.1. The summed E-state index contributed by atoms with van der Waals surface area (Å²) in [6.45, 7) is 6.67. The van der Waals surface area contributed by atoms with Gasteiger partial charge in [-0.1, -0.05) is 12.5 Å². The minimum Gasteiger partial charge on any atom is -0.467 e. The maximum absolute atomic E-state index is 13.6. The number of carbonyl (C=O) groups excluding carboxylic acids is 6. The Morgan fingerprint density at radius 1 is 1.18 bits per heavy atom. The number of hydrogen-bond donors (Lipinski definition) is 3. The summed E-state index contributed by atoms with van der Waals surface area (Å²) in [4.78, 5) is 77.3. The number of Topliss-reactive ketones (excluding diaryl/α,β-unsaturated/α-hetero) is 1. The molecule has 240 valence electrons. The van der Waals surface area contributed by atoms with Crippen molar-refractivity contribution in [3.8, 4) is 0 Å². The number of allylic oxidation sites excluding steroid dienone is 3. The van der Waals surface area contributed by atoms with E-state index in [1.54, 1.807) is 20.8 Å². The van der Waals surface area contributed by atoms with E-state index in [1.165, 1.54) is 6.08 Å². The molecule has 3 aliphatic carbocycles. The molecule has 10 atom stereocenters. The standard InChI is InChI=1S/C30H38N2O12/c1-12(2)6-20(36)43-22-24-29-11-41-30(24,27(39)40-5)10-17(34)23(29)28(4)9-16(33)21(44-25(37)15(31)8-19(32)35)13(3)14(28)7-18(29)42-26(22)38/h6,14-15,17-18,22-24,34H,7-11,31H2,1-5H3,(H2,32,35)/t14?,15-,17-,18+,22+,23?,24+,28-,29+,30+/m0/s1. The van der Waals surface area contributed by atoms with Crippen molar-refractivity contribution in [1.29, 1.82) is 0 Å². The number of hydrogen-bond acceptors (Lipinski definition) is 13. The van der Waals surface area contributed by atoms with Crippen molar-refractivity contribution in [2.75, 3.05) is 13.7 Å². The highest BCUT2D eigenvalue weighted by Gasteiger charge is 2.82. The highest BCUT2D eigenvalue weighted by Crippen LogP contribution is 2.72. The van der Waals surface area contributed by atoms with Crippen molar-refractivity contribution in [1.82, 2.24) is 0 Å². The Labute approximate surface area is 253 Å². The maximum atomic E-state index is 13.6. The number of aliphatic hydroxyl groups excluding tert-OH is 1. The van der Waals surface area contributed by atoms with E-state index in [2.05, 4.69) is 0 Å². The van der Waals surface area contributed by atoms with Crippen LogP contribution in [0, 0.1) is 28.6 Å². The van der Waals surface area contributed by atoms with Crippen LogP contribution in [0.15, 0.2) is 23.0 Å². The normalized spacial score (nSPS) is 39.2. The molecule has 2 saturated carbocycles. The molecule has 1 spiro atoms. The van der Waals surface area contributed by atoms with Gasteiger partial charge in [-0.15, -0.1) is 0 Å². The van der Waals surface area contributed by atoms with Gasteiger partial charge in [-0.3, -0.25) is 9.59 Å². The smallest absolute Gasteiger partial charge is 0.348 e. The molecule has 0 aromatic carbocycles. The molecule has 5 N–H and O–H groups in total. The lowest BCUT2D eigenvalue weighted by molar-refractivity contribution is -0.269. The van der Waals surface area contributed by atoms with Gasteiger partial charge >= 0.3 is 23.9 Å². The largest absolute Gasteiger partial charge is 0.467 e. The Kier molecular flexibility index (Phi) is 7.78. The summed E-state index contributed by atoms with van der Waals surface area (Å²) in [5.41, 5.74) is 7.85. The number of fused-ring (bicyclic) bond motifs is 2. The molecule has 0 aromatic heterocycles. The molecule has 2 heterocycles. The van der Waals surface area contributed by atoms with Gasteiger partial charge in [0.25, 0.3) is 0 Å². The van der Waals surface area contributed by atoms with Crippen LogP contribution in [-0.4, -0.2) is 84.3 Å². The van der Waals surface area contributed by atoms with Crippen molar-refractivity contribution in [2.45, 2.75) is 83.3 Å². The van der Waals surface area contributed by atoms with E-state index >= 15 is 0 Å². The van der Waals surface area contributed by atoms with Crippen LogP contribution in [0.4, 0.5) is 0 Å². The number of primary amides is 1. The van der Waals surface area contributed by atoms with Crippen molar-refractivity contribution in [3.63, 3.8) is 0 Å². The van der Waals surface area contributed by atoms with Gasteiger partial charge in [-0.2, -0.15) is 0 Å². The number of carbonyl (C=O) groups is 6. The lowest BCUT2D eigenvalue weighted by atomic mass is 9.38. The molecule has 5 rings (SSSR count). The molecular formula is C30H38N2O12. The number of aliphatic hydroxyl groups is 1. The molecule has 2 bridgehead atoms. The zero-order valence-electron chi connectivity index (χ0n) is 25.2. The first-order valence-corrected chi connectivity index (χ1v) is 14.5. The molecule has 2 unspecified atom stereocenters. The van der Waals surface area contributed by atoms with Crippen LogP contribution in [0.5, 0.6) is 0 Å². The molecule has 4 fully saturated rings. The zero-order chi connectivity index (χ0) is 32.5. The third kappa shape index (κ3) is 4.48. The first-order chi connectivity index (χ1) is 20.5. The Morgan fingerprint density at radius 2 is 1.86 bits per heavy atom. The van der Waals surface area contributed by atoms with Crippen molar-refractivity contribution >= 4 is 35.6 Å². The van der Waals surface area contributed by atoms with E-state index in [0.29, 0.717) is 11.1 Å². The minimum atomic E-state index is -1.82. The van der Waals surface area contributed by atoms with Crippen LogP contribution in [0.2, 0.25) is 0 Å². The number of ketones is 1. The lowest BCUT2D eigenvalue weighted by Gasteiger charge is -2.66. The molecule has 14 heteroatoms. The second kappa shape index (κ2) is 10.8. The highest BCUT2D eigenvalue weighted by molar-refractivity contribution is 5.99. The minimum absolute atomic E-state index is 0.130. The highest BCUT2D eigenvalue weighted by atomic mass is 16.6. The molecular weight excluding hydrogens is 580 g/mol. The van der Waals surface area contributed by atoms with Crippen LogP contribution in [0.25, 0.3) is 0 Å². The zero-order valence-corrected chi connectivity index (χ0v) is 25.2. The van der Waals surface area contributed by atoms with Crippen molar-refractivity contribution in [3.05, 3.63) is 23.0 Å². The van der Waals surface area contributed by atoms with Crippen molar-refractivity contribution in [2.24, 2.45) is 40.1 Å². The Bertz CT molecular complexity index is 1400. The number of nitrogens with two attached hydrogens (primary N) is 2. The molecule has 5 aliphatic rings. The van der Waals surface area contributed by atoms with Crippen LogP contribution in [0.3, 0.4) is 0 Å². The van der Waals surface area contributed by atoms with E-state index in [1.807, 2.05) is 6.92 Å². The fourth-order valence-corrected chi connectivity index (χ4v) is 8.89. The number of esters is 4. The predicted molar refractivity (Wildman–Crippen MR) is 146 cm³/mol. The van der Waals surface area contributed by atoms with Gasteiger partial charge in [-0.25, -0.2) is 19.2 Å². The van der Waals surface area contributed by atoms with Gasteiger partial charge in [0.05, 0.1) is 32.2 Å².